The van der Waals surface area contributed by atoms with Crippen LogP contribution < -0.4 is 5.32 Å². The normalized spacial score (nSPS) is 19.3. The molecular weight excluding hydrogens is 422 g/mol. The first-order chi connectivity index (χ1) is 16.4. The van der Waals surface area contributed by atoms with Crippen LogP contribution >= 0.6 is 0 Å². The summed E-state index contributed by atoms with van der Waals surface area (Å²) in [6.45, 7) is 8.94. The van der Waals surface area contributed by atoms with Gasteiger partial charge in [0.2, 0.25) is 5.91 Å². The molecule has 2 aromatic carbocycles. The third-order valence-electron chi connectivity index (χ3n) is 7.30. The lowest BCUT2D eigenvalue weighted by atomic mass is 9.66. The van der Waals surface area contributed by atoms with Gasteiger partial charge in [0.25, 0.3) is 0 Å². The first-order valence-electron chi connectivity index (χ1n) is 12.4. The number of furan rings is 1. The molecule has 1 N–H and O–H groups in total. The standard InChI is InChI=1S/C30H37NO3/c1-22-11-13-24(14-12-22)26(28-10-7-18-34-28)20-29(32)31-17-15-25(23-8-5-4-6-9-23)27-16-19-33-21-30(27,2)3/h4-14,18,25-27H,15-17,19-21H2,1-3H3,(H,31,32)/t25-,26-,27-/m0/s1. The van der Waals surface area contributed by atoms with Gasteiger partial charge in [0, 0.05) is 19.6 Å². The molecule has 0 spiro atoms. The molecule has 3 atom stereocenters. The summed E-state index contributed by atoms with van der Waals surface area (Å²) in [5, 5.41) is 3.21. The summed E-state index contributed by atoms with van der Waals surface area (Å²) < 4.78 is 11.5. The van der Waals surface area contributed by atoms with Crippen molar-refractivity contribution in [2.75, 3.05) is 19.8 Å². The van der Waals surface area contributed by atoms with Crippen LogP contribution in [0.3, 0.4) is 0 Å². The maximum Gasteiger partial charge on any atom is 0.221 e. The fourth-order valence-corrected chi connectivity index (χ4v) is 5.39. The zero-order valence-corrected chi connectivity index (χ0v) is 20.6. The van der Waals surface area contributed by atoms with Crippen molar-refractivity contribution in [3.05, 3.63) is 95.4 Å². The van der Waals surface area contributed by atoms with Crippen molar-refractivity contribution < 1.29 is 13.9 Å². The van der Waals surface area contributed by atoms with Crippen molar-refractivity contribution in [1.82, 2.24) is 5.32 Å². The molecule has 1 saturated heterocycles. The highest BCUT2D eigenvalue weighted by molar-refractivity contribution is 5.77. The van der Waals surface area contributed by atoms with Crippen LogP contribution in [0.4, 0.5) is 0 Å². The van der Waals surface area contributed by atoms with E-state index in [1.807, 2.05) is 12.1 Å². The fraction of sp³-hybridized carbons (Fsp3) is 0.433. The van der Waals surface area contributed by atoms with E-state index in [1.54, 1.807) is 6.26 Å². The van der Waals surface area contributed by atoms with Crippen LogP contribution in [0.1, 0.15) is 67.4 Å². The number of nitrogens with one attached hydrogen (secondary N) is 1. The molecule has 1 fully saturated rings. The molecule has 0 bridgehead atoms. The molecule has 0 radical (unpaired) electrons. The Morgan fingerprint density at radius 1 is 1.03 bits per heavy atom. The number of carbonyl (C=O) groups is 1. The minimum Gasteiger partial charge on any atom is -0.469 e. The number of hydrogen-bond donors (Lipinski definition) is 1. The maximum absolute atomic E-state index is 13.0. The first-order valence-corrected chi connectivity index (χ1v) is 12.4. The topological polar surface area (TPSA) is 51.5 Å². The van der Waals surface area contributed by atoms with Gasteiger partial charge >= 0.3 is 0 Å². The Labute approximate surface area is 203 Å². The van der Waals surface area contributed by atoms with Crippen LogP contribution in [0.25, 0.3) is 0 Å². The van der Waals surface area contributed by atoms with E-state index < -0.39 is 0 Å². The molecule has 4 nitrogen and oxygen atoms in total. The second-order valence-corrected chi connectivity index (χ2v) is 10.3. The number of hydrogen-bond acceptors (Lipinski definition) is 3. The van der Waals surface area contributed by atoms with Crippen molar-refractivity contribution in [2.24, 2.45) is 11.3 Å². The number of aryl methyl sites for hydroxylation is 1. The Hall–Kier alpha value is -2.85. The third kappa shape index (κ3) is 5.98. The second-order valence-electron chi connectivity index (χ2n) is 10.3. The summed E-state index contributed by atoms with van der Waals surface area (Å²) in [5.41, 5.74) is 3.76. The quantitative estimate of drug-likeness (QED) is 0.399. The van der Waals surface area contributed by atoms with Gasteiger partial charge in [0.1, 0.15) is 5.76 Å². The lowest BCUT2D eigenvalue weighted by Gasteiger charge is -2.43. The number of amides is 1. The van der Waals surface area contributed by atoms with Crippen LogP contribution in [-0.2, 0) is 9.53 Å². The predicted molar refractivity (Wildman–Crippen MR) is 136 cm³/mol. The molecule has 0 aliphatic carbocycles. The highest BCUT2D eigenvalue weighted by Crippen LogP contribution is 2.44. The van der Waals surface area contributed by atoms with Gasteiger partial charge in [0.15, 0.2) is 0 Å². The highest BCUT2D eigenvalue weighted by atomic mass is 16.5. The molecule has 4 heteroatoms. The Kier molecular flexibility index (Phi) is 7.89. The summed E-state index contributed by atoms with van der Waals surface area (Å²) in [5.74, 6) is 1.70. The monoisotopic (exact) mass is 459 g/mol. The van der Waals surface area contributed by atoms with Gasteiger partial charge in [-0.05, 0) is 60.3 Å². The lowest BCUT2D eigenvalue weighted by Crippen LogP contribution is -2.39. The third-order valence-corrected chi connectivity index (χ3v) is 7.30. The molecule has 3 aromatic rings. The molecule has 1 amide bonds. The lowest BCUT2D eigenvalue weighted by molar-refractivity contribution is -0.121. The van der Waals surface area contributed by atoms with Gasteiger partial charge in [-0.25, -0.2) is 0 Å². The molecule has 0 saturated carbocycles. The van der Waals surface area contributed by atoms with Crippen molar-refractivity contribution in [3.8, 4) is 0 Å². The SMILES string of the molecule is Cc1ccc([C@H](CC(=O)NCC[C@@H](c2ccccc2)[C@@H]2CCOCC2(C)C)c2ccco2)cc1. The van der Waals surface area contributed by atoms with Gasteiger partial charge in [-0.1, -0.05) is 74.0 Å². The Morgan fingerprint density at radius 2 is 1.79 bits per heavy atom. The minimum atomic E-state index is -0.0880. The molecule has 2 heterocycles. The van der Waals surface area contributed by atoms with Crippen LogP contribution in [0.5, 0.6) is 0 Å². The van der Waals surface area contributed by atoms with Crippen molar-refractivity contribution in [1.29, 1.82) is 0 Å². The van der Waals surface area contributed by atoms with E-state index in [0.29, 0.717) is 24.8 Å². The van der Waals surface area contributed by atoms with Gasteiger partial charge in [-0.15, -0.1) is 0 Å². The van der Waals surface area contributed by atoms with E-state index in [2.05, 4.69) is 80.7 Å². The smallest absolute Gasteiger partial charge is 0.221 e. The molecule has 1 aromatic heterocycles. The van der Waals surface area contributed by atoms with Crippen LogP contribution in [0.15, 0.2) is 77.4 Å². The minimum absolute atomic E-state index is 0.0556. The number of rotatable bonds is 9. The summed E-state index contributed by atoms with van der Waals surface area (Å²) >= 11 is 0. The summed E-state index contributed by atoms with van der Waals surface area (Å²) in [6.07, 6.45) is 4.01. The number of benzene rings is 2. The molecule has 1 aliphatic rings. The molecule has 4 rings (SSSR count). The molecule has 1 aliphatic heterocycles. The fourth-order valence-electron chi connectivity index (χ4n) is 5.39. The zero-order valence-electron chi connectivity index (χ0n) is 20.6. The first kappa shape index (κ1) is 24.3. The highest BCUT2D eigenvalue weighted by Gasteiger charge is 2.38. The average molecular weight is 460 g/mol. The predicted octanol–water partition coefficient (Wildman–Crippen LogP) is 6.46. The van der Waals surface area contributed by atoms with Crippen molar-refractivity contribution in [2.45, 2.75) is 51.9 Å². The summed E-state index contributed by atoms with van der Waals surface area (Å²) in [4.78, 5) is 13.0. The summed E-state index contributed by atoms with van der Waals surface area (Å²) in [6, 6.07) is 22.9. The van der Waals surface area contributed by atoms with Gasteiger partial charge in [-0.2, -0.15) is 0 Å². The van der Waals surface area contributed by atoms with E-state index in [-0.39, 0.29) is 17.2 Å². The second kappa shape index (κ2) is 11.1. The van der Waals surface area contributed by atoms with E-state index in [4.69, 9.17) is 9.15 Å². The van der Waals surface area contributed by atoms with Crippen LogP contribution in [-0.4, -0.2) is 25.7 Å². The molecular formula is C30H37NO3. The van der Waals surface area contributed by atoms with Crippen LogP contribution in [0.2, 0.25) is 0 Å². The van der Waals surface area contributed by atoms with Crippen molar-refractivity contribution in [3.63, 3.8) is 0 Å². The molecule has 34 heavy (non-hydrogen) atoms. The largest absolute Gasteiger partial charge is 0.469 e. The van der Waals surface area contributed by atoms with E-state index in [0.717, 1.165) is 37.4 Å². The van der Waals surface area contributed by atoms with Gasteiger partial charge in [0.05, 0.1) is 18.8 Å². The molecule has 0 unspecified atom stereocenters. The van der Waals surface area contributed by atoms with E-state index in [9.17, 15) is 4.79 Å². The molecule has 180 valence electrons. The Balaban J connectivity index is 1.42. The van der Waals surface area contributed by atoms with Gasteiger partial charge < -0.3 is 14.5 Å². The Morgan fingerprint density at radius 3 is 2.47 bits per heavy atom. The van der Waals surface area contributed by atoms with Gasteiger partial charge in [-0.3, -0.25) is 4.79 Å². The Bertz CT molecular complexity index is 1020. The maximum atomic E-state index is 13.0. The average Bonchev–Trinajstić information content (AvgIpc) is 3.37. The van der Waals surface area contributed by atoms with Crippen molar-refractivity contribution >= 4 is 5.91 Å². The summed E-state index contributed by atoms with van der Waals surface area (Å²) in [7, 11) is 0. The number of ether oxygens (including phenoxy) is 1. The van der Waals surface area contributed by atoms with Crippen LogP contribution in [0, 0.1) is 18.3 Å². The van der Waals surface area contributed by atoms with E-state index in [1.165, 1.54) is 11.1 Å². The number of carbonyl (C=O) groups excluding carboxylic acids is 1. The van der Waals surface area contributed by atoms with E-state index >= 15 is 0 Å². The zero-order chi connectivity index (χ0) is 24.0.